The van der Waals surface area contributed by atoms with Crippen LogP contribution in [0.15, 0.2) is 30.5 Å². The van der Waals surface area contributed by atoms with E-state index in [4.69, 9.17) is 10.8 Å². The number of rotatable bonds is 13. The molecule has 0 saturated carbocycles. The van der Waals surface area contributed by atoms with Crippen molar-refractivity contribution < 1.29 is 34.2 Å². The molecule has 2 aromatic rings. The predicted molar refractivity (Wildman–Crippen MR) is 131 cm³/mol. The van der Waals surface area contributed by atoms with Crippen LogP contribution in [0, 0.1) is 5.92 Å². The van der Waals surface area contributed by atoms with Crippen LogP contribution in [-0.4, -0.2) is 69.0 Å². The molecular formula is C24H33N5O7. The summed E-state index contributed by atoms with van der Waals surface area (Å²) in [4.78, 5) is 63.8. The number of carboxylic acids is 2. The fourth-order valence-corrected chi connectivity index (χ4v) is 3.56. The second kappa shape index (κ2) is 12.7. The number of amides is 3. The Morgan fingerprint density at radius 1 is 0.944 bits per heavy atom. The van der Waals surface area contributed by atoms with Gasteiger partial charge in [-0.05, 0) is 24.5 Å². The van der Waals surface area contributed by atoms with Crippen molar-refractivity contribution in [2.75, 3.05) is 0 Å². The number of para-hydroxylation sites is 1. The van der Waals surface area contributed by atoms with E-state index in [0.717, 1.165) is 10.9 Å². The first kappa shape index (κ1) is 28.3. The number of carbonyl (C=O) groups excluding carboxylic acids is 3. The van der Waals surface area contributed by atoms with Gasteiger partial charge in [0.05, 0.1) is 12.5 Å². The molecule has 3 amide bonds. The first-order valence-electron chi connectivity index (χ1n) is 11.6. The SMILES string of the molecule is CCC(C)C(N)C(=O)NC(C)C(=O)NC(Cc1c[nH]c2ccccc12)C(=O)NC(CC(=O)O)C(=O)O. The summed E-state index contributed by atoms with van der Waals surface area (Å²) in [6, 6.07) is 2.48. The summed E-state index contributed by atoms with van der Waals surface area (Å²) in [5.41, 5.74) is 7.39. The van der Waals surface area contributed by atoms with E-state index in [1.165, 1.54) is 6.92 Å². The Bertz CT molecular complexity index is 1120. The highest BCUT2D eigenvalue weighted by molar-refractivity contribution is 5.95. The van der Waals surface area contributed by atoms with Crippen molar-refractivity contribution in [2.45, 2.75) is 64.2 Å². The van der Waals surface area contributed by atoms with Crippen molar-refractivity contribution in [3.8, 4) is 0 Å². The average Bonchev–Trinajstić information content (AvgIpc) is 3.24. The standard InChI is InChI=1S/C24H33N5O7/c1-4-12(2)20(25)23(34)27-13(3)21(32)28-17(22(33)29-18(24(35)36)10-19(30)31)9-14-11-26-16-8-6-5-7-15(14)16/h5-8,11-13,17-18,20,26H,4,9-10,25H2,1-3H3,(H,27,34)(H,28,32)(H,29,33)(H,30,31)(H,35,36). The van der Waals surface area contributed by atoms with E-state index in [9.17, 15) is 29.1 Å². The number of hydrogen-bond donors (Lipinski definition) is 7. The predicted octanol–water partition coefficient (Wildman–Crippen LogP) is 0.117. The molecule has 12 nitrogen and oxygen atoms in total. The van der Waals surface area contributed by atoms with E-state index in [2.05, 4.69) is 20.9 Å². The maximum atomic E-state index is 13.0. The monoisotopic (exact) mass is 503 g/mol. The van der Waals surface area contributed by atoms with Crippen LogP contribution in [0.1, 0.15) is 39.2 Å². The van der Waals surface area contributed by atoms with E-state index in [1.807, 2.05) is 32.0 Å². The number of aromatic nitrogens is 1. The van der Waals surface area contributed by atoms with Gasteiger partial charge < -0.3 is 36.9 Å². The van der Waals surface area contributed by atoms with Gasteiger partial charge in [0.15, 0.2) is 0 Å². The summed E-state index contributed by atoms with van der Waals surface area (Å²) in [6.07, 6.45) is 1.48. The number of H-pyrrole nitrogens is 1. The number of benzene rings is 1. The van der Waals surface area contributed by atoms with Crippen molar-refractivity contribution >= 4 is 40.6 Å². The fourth-order valence-electron chi connectivity index (χ4n) is 3.56. The number of hydrogen-bond acceptors (Lipinski definition) is 6. The molecule has 1 heterocycles. The molecule has 36 heavy (non-hydrogen) atoms. The van der Waals surface area contributed by atoms with Gasteiger partial charge in [-0.1, -0.05) is 38.5 Å². The molecule has 0 spiro atoms. The molecule has 0 aliphatic heterocycles. The molecule has 5 unspecified atom stereocenters. The van der Waals surface area contributed by atoms with Crippen molar-refractivity contribution in [1.82, 2.24) is 20.9 Å². The summed E-state index contributed by atoms with van der Waals surface area (Å²) in [7, 11) is 0. The first-order chi connectivity index (χ1) is 16.9. The van der Waals surface area contributed by atoms with Crippen molar-refractivity contribution in [1.29, 1.82) is 0 Å². The number of carbonyl (C=O) groups is 5. The molecule has 0 saturated heterocycles. The molecule has 0 radical (unpaired) electrons. The number of aromatic amines is 1. The third kappa shape index (κ3) is 7.54. The summed E-state index contributed by atoms with van der Waals surface area (Å²) >= 11 is 0. The van der Waals surface area contributed by atoms with Gasteiger partial charge in [0.1, 0.15) is 18.1 Å². The van der Waals surface area contributed by atoms with E-state index < -0.39 is 60.2 Å². The van der Waals surface area contributed by atoms with Gasteiger partial charge in [-0.15, -0.1) is 0 Å². The highest BCUT2D eigenvalue weighted by Crippen LogP contribution is 2.19. The number of carboxylic acid groups (broad SMARTS) is 2. The largest absolute Gasteiger partial charge is 0.481 e. The molecule has 0 fully saturated rings. The second-order valence-electron chi connectivity index (χ2n) is 8.76. The van der Waals surface area contributed by atoms with E-state index in [1.54, 1.807) is 12.3 Å². The lowest BCUT2D eigenvalue weighted by Crippen LogP contribution is -2.57. The summed E-state index contributed by atoms with van der Waals surface area (Å²) in [5, 5.41) is 26.3. The molecule has 8 N–H and O–H groups in total. The zero-order chi connectivity index (χ0) is 27.0. The molecule has 2 rings (SSSR count). The third-order valence-electron chi connectivity index (χ3n) is 6.04. The highest BCUT2D eigenvalue weighted by atomic mass is 16.4. The van der Waals surface area contributed by atoms with Gasteiger partial charge >= 0.3 is 11.9 Å². The summed E-state index contributed by atoms with van der Waals surface area (Å²) in [5.74, 6) is -5.13. The Kier molecular flexibility index (Phi) is 9.97. The van der Waals surface area contributed by atoms with Crippen LogP contribution in [-0.2, 0) is 30.4 Å². The average molecular weight is 504 g/mol. The Morgan fingerprint density at radius 3 is 2.19 bits per heavy atom. The van der Waals surface area contributed by atoms with Gasteiger partial charge in [-0.25, -0.2) is 4.79 Å². The van der Waals surface area contributed by atoms with Crippen molar-refractivity contribution in [3.63, 3.8) is 0 Å². The van der Waals surface area contributed by atoms with Gasteiger partial charge in [0.2, 0.25) is 17.7 Å². The Labute approximate surface area is 208 Å². The molecule has 1 aromatic carbocycles. The second-order valence-corrected chi connectivity index (χ2v) is 8.76. The number of nitrogens with two attached hydrogens (primary N) is 1. The zero-order valence-corrected chi connectivity index (χ0v) is 20.4. The Morgan fingerprint density at radius 2 is 1.58 bits per heavy atom. The molecule has 1 aromatic heterocycles. The lowest BCUT2D eigenvalue weighted by Gasteiger charge is -2.24. The number of nitrogens with one attached hydrogen (secondary N) is 4. The first-order valence-corrected chi connectivity index (χ1v) is 11.6. The van der Waals surface area contributed by atoms with Crippen molar-refractivity contribution in [2.24, 2.45) is 11.7 Å². The molecular weight excluding hydrogens is 470 g/mol. The highest BCUT2D eigenvalue weighted by Gasteiger charge is 2.31. The quantitative estimate of drug-likeness (QED) is 0.199. The molecule has 0 bridgehead atoms. The summed E-state index contributed by atoms with van der Waals surface area (Å²) < 4.78 is 0. The van der Waals surface area contributed by atoms with Crippen LogP contribution in [0.25, 0.3) is 10.9 Å². The van der Waals surface area contributed by atoms with Crippen LogP contribution in [0.2, 0.25) is 0 Å². The zero-order valence-electron chi connectivity index (χ0n) is 20.4. The van der Waals surface area contributed by atoms with Gasteiger partial charge in [-0.2, -0.15) is 0 Å². The maximum Gasteiger partial charge on any atom is 0.326 e. The minimum atomic E-state index is -1.69. The van der Waals surface area contributed by atoms with Crippen LogP contribution >= 0.6 is 0 Å². The Hall–Kier alpha value is -3.93. The van der Waals surface area contributed by atoms with E-state index >= 15 is 0 Å². The van der Waals surface area contributed by atoms with Crippen molar-refractivity contribution in [3.05, 3.63) is 36.0 Å². The van der Waals surface area contributed by atoms with Gasteiger partial charge in [0, 0.05) is 23.5 Å². The van der Waals surface area contributed by atoms with Gasteiger partial charge in [0.25, 0.3) is 0 Å². The normalized spacial score (nSPS) is 15.2. The fraction of sp³-hybridized carbons (Fsp3) is 0.458. The van der Waals surface area contributed by atoms with Gasteiger partial charge in [-0.3, -0.25) is 19.2 Å². The smallest absolute Gasteiger partial charge is 0.326 e. The molecule has 196 valence electrons. The summed E-state index contributed by atoms with van der Waals surface area (Å²) in [6.45, 7) is 5.13. The van der Waals surface area contributed by atoms with Crippen LogP contribution in [0.5, 0.6) is 0 Å². The lowest BCUT2D eigenvalue weighted by molar-refractivity contribution is -0.147. The molecule has 0 aliphatic rings. The minimum absolute atomic E-state index is 0.0198. The maximum absolute atomic E-state index is 13.0. The number of fused-ring (bicyclic) bond motifs is 1. The van der Waals surface area contributed by atoms with Crippen LogP contribution in [0.4, 0.5) is 0 Å². The number of aliphatic carboxylic acids is 2. The van der Waals surface area contributed by atoms with E-state index in [-0.39, 0.29) is 12.3 Å². The molecule has 0 aliphatic carbocycles. The minimum Gasteiger partial charge on any atom is -0.481 e. The molecule has 12 heteroatoms. The molecule has 5 atom stereocenters. The topological polar surface area (TPSA) is 204 Å². The Balaban J connectivity index is 2.23. The van der Waals surface area contributed by atoms with E-state index in [0.29, 0.717) is 12.0 Å². The third-order valence-corrected chi connectivity index (χ3v) is 6.04. The van der Waals surface area contributed by atoms with Crippen LogP contribution in [0.3, 0.4) is 0 Å². The van der Waals surface area contributed by atoms with Crippen LogP contribution < -0.4 is 21.7 Å². The lowest BCUT2D eigenvalue weighted by atomic mass is 9.99.